The number of aromatic nitrogens is 1. The molecule has 0 saturated carbocycles. The number of piperazine rings is 1. The topological polar surface area (TPSA) is 56.7 Å². The molecule has 1 aromatic heterocycles. The molecule has 5 nitrogen and oxygen atoms in total. The van der Waals surface area contributed by atoms with Crippen LogP contribution in [0.2, 0.25) is 0 Å². The zero-order valence-corrected chi connectivity index (χ0v) is 10.9. The van der Waals surface area contributed by atoms with Gasteiger partial charge in [-0.3, -0.25) is 4.90 Å². The van der Waals surface area contributed by atoms with Crippen LogP contribution in [-0.2, 0) is 0 Å². The molecule has 0 aliphatic carbocycles. The molecule has 0 aromatic carbocycles. The van der Waals surface area contributed by atoms with Crippen LogP contribution in [0.5, 0.6) is 0 Å². The van der Waals surface area contributed by atoms with Gasteiger partial charge in [0.25, 0.3) is 0 Å². The molecule has 1 saturated heterocycles. The summed E-state index contributed by atoms with van der Waals surface area (Å²) in [4.78, 5) is 17.2. The van der Waals surface area contributed by atoms with Crippen molar-refractivity contribution in [3.8, 4) is 0 Å². The lowest BCUT2D eigenvalue weighted by atomic mass is 10.2. The maximum atomic E-state index is 13.8. The molecule has 1 aromatic rings. The van der Waals surface area contributed by atoms with E-state index in [1.54, 1.807) is 0 Å². The van der Waals surface area contributed by atoms with Gasteiger partial charge < -0.3 is 10.0 Å². The lowest BCUT2D eigenvalue weighted by Gasteiger charge is -2.35. The van der Waals surface area contributed by atoms with Crippen molar-refractivity contribution in [2.45, 2.75) is 6.18 Å². The first-order chi connectivity index (χ1) is 9.76. The number of carboxylic acid groups (broad SMARTS) is 1. The van der Waals surface area contributed by atoms with Crippen molar-refractivity contribution in [3.05, 3.63) is 23.6 Å². The summed E-state index contributed by atoms with van der Waals surface area (Å²) in [5.74, 6) is -2.12. The van der Waals surface area contributed by atoms with Crippen LogP contribution in [0.3, 0.4) is 0 Å². The number of hydrogen-bond acceptors (Lipinski definition) is 4. The maximum absolute atomic E-state index is 13.8. The summed E-state index contributed by atoms with van der Waals surface area (Å²) >= 11 is 0. The lowest BCUT2D eigenvalue weighted by Crippen LogP contribution is -2.49. The van der Waals surface area contributed by atoms with E-state index in [-0.39, 0.29) is 37.6 Å². The highest BCUT2D eigenvalue weighted by molar-refractivity contribution is 5.87. The van der Waals surface area contributed by atoms with Crippen molar-refractivity contribution < 1.29 is 27.5 Å². The molecular weight excluding hydrogens is 294 g/mol. The first-order valence-corrected chi connectivity index (χ1v) is 6.19. The number of hydrogen-bond donors (Lipinski definition) is 1. The first kappa shape index (κ1) is 15.5. The molecule has 0 atom stereocenters. The molecule has 0 unspecified atom stereocenters. The number of carbonyl (C=O) groups is 1. The van der Waals surface area contributed by atoms with E-state index < -0.39 is 24.5 Å². The zero-order chi connectivity index (χ0) is 15.6. The van der Waals surface area contributed by atoms with Gasteiger partial charge >= 0.3 is 12.1 Å². The van der Waals surface area contributed by atoms with Crippen LogP contribution in [0.15, 0.2) is 12.3 Å². The molecule has 0 radical (unpaired) electrons. The van der Waals surface area contributed by atoms with Crippen molar-refractivity contribution >= 4 is 11.8 Å². The van der Waals surface area contributed by atoms with Crippen molar-refractivity contribution in [1.82, 2.24) is 9.88 Å². The molecule has 1 aliphatic rings. The van der Waals surface area contributed by atoms with E-state index in [2.05, 4.69) is 4.98 Å². The summed E-state index contributed by atoms with van der Waals surface area (Å²) in [5, 5.41) is 8.72. The third kappa shape index (κ3) is 4.03. The minimum absolute atomic E-state index is 0.0355. The molecule has 9 heteroatoms. The molecule has 0 spiro atoms. The smallest absolute Gasteiger partial charge is 0.401 e. The van der Waals surface area contributed by atoms with Crippen LogP contribution in [0, 0.1) is 5.82 Å². The highest BCUT2D eigenvalue weighted by Gasteiger charge is 2.32. The first-order valence-electron chi connectivity index (χ1n) is 6.19. The maximum Gasteiger partial charge on any atom is 0.401 e. The van der Waals surface area contributed by atoms with Crippen LogP contribution in [0.1, 0.15) is 10.4 Å². The van der Waals surface area contributed by atoms with Gasteiger partial charge in [-0.2, -0.15) is 13.2 Å². The normalized spacial score (nSPS) is 17.0. The minimum atomic E-state index is -4.26. The molecule has 1 aliphatic heterocycles. The molecule has 1 fully saturated rings. The van der Waals surface area contributed by atoms with Gasteiger partial charge in [-0.05, 0) is 6.07 Å². The highest BCUT2D eigenvalue weighted by atomic mass is 19.4. The average molecular weight is 307 g/mol. The van der Waals surface area contributed by atoms with Gasteiger partial charge in [0.15, 0.2) is 11.6 Å². The van der Waals surface area contributed by atoms with Crippen LogP contribution < -0.4 is 4.90 Å². The van der Waals surface area contributed by atoms with Gasteiger partial charge in [0, 0.05) is 32.4 Å². The number of aromatic carboxylic acids is 1. The zero-order valence-electron chi connectivity index (χ0n) is 10.9. The highest BCUT2D eigenvalue weighted by Crippen LogP contribution is 2.21. The Labute approximate surface area is 117 Å². The Hall–Kier alpha value is -1.90. The van der Waals surface area contributed by atoms with E-state index in [0.717, 1.165) is 12.3 Å². The Morgan fingerprint density at radius 2 is 1.90 bits per heavy atom. The number of rotatable bonds is 3. The number of halogens is 4. The van der Waals surface area contributed by atoms with Gasteiger partial charge in [0.05, 0.1) is 12.1 Å². The average Bonchev–Trinajstić information content (AvgIpc) is 2.38. The van der Waals surface area contributed by atoms with Crippen molar-refractivity contribution in [2.24, 2.45) is 0 Å². The van der Waals surface area contributed by atoms with E-state index >= 15 is 0 Å². The van der Waals surface area contributed by atoms with Crippen molar-refractivity contribution in [1.29, 1.82) is 0 Å². The molecule has 2 rings (SSSR count). The predicted molar refractivity (Wildman–Crippen MR) is 65.9 cm³/mol. The molecule has 2 heterocycles. The van der Waals surface area contributed by atoms with Crippen LogP contribution >= 0.6 is 0 Å². The number of alkyl halides is 3. The van der Waals surface area contributed by atoms with Gasteiger partial charge in [-0.15, -0.1) is 0 Å². The Bertz CT molecular complexity index is 528. The fraction of sp³-hybridized carbons (Fsp3) is 0.500. The Morgan fingerprint density at radius 3 is 2.38 bits per heavy atom. The summed E-state index contributed by atoms with van der Waals surface area (Å²) in [5.41, 5.74) is -0.271. The van der Waals surface area contributed by atoms with E-state index in [0.29, 0.717) is 0 Å². The fourth-order valence-electron chi connectivity index (χ4n) is 2.15. The molecule has 21 heavy (non-hydrogen) atoms. The predicted octanol–water partition coefficient (Wildman–Crippen LogP) is 1.60. The number of pyridine rings is 1. The second-order valence-corrected chi connectivity index (χ2v) is 4.71. The molecule has 1 N–H and O–H groups in total. The summed E-state index contributed by atoms with van der Waals surface area (Å²) in [6.45, 7) is -0.309. The second-order valence-electron chi connectivity index (χ2n) is 4.71. The summed E-state index contributed by atoms with van der Waals surface area (Å²) < 4.78 is 50.6. The molecule has 0 bridgehead atoms. The summed E-state index contributed by atoms with van der Waals surface area (Å²) in [6.07, 6.45) is -3.22. The minimum Gasteiger partial charge on any atom is -0.478 e. The van der Waals surface area contributed by atoms with Crippen LogP contribution in [0.4, 0.5) is 23.4 Å². The summed E-state index contributed by atoms with van der Waals surface area (Å²) in [7, 11) is 0. The molecule has 116 valence electrons. The van der Waals surface area contributed by atoms with Gasteiger partial charge in [0.1, 0.15) is 0 Å². The van der Waals surface area contributed by atoms with E-state index in [4.69, 9.17) is 5.11 Å². The summed E-state index contributed by atoms with van der Waals surface area (Å²) in [6, 6.07) is 0.854. The van der Waals surface area contributed by atoms with Crippen LogP contribution in [0.25, 0.3) is 0 Å². The fourth-order valence-corrected chi connectivity index (χ4v) is 2.15. The number of nitrogens with zero attached hydrogens (tertiary/aromatic N) is 3. The Kier molecular flexibility index (Phi) is 4.31. The van der Waals surface area contributed by atoms with Gasteiger partial charge in [-0.25, -0.2) is 14.2 Å². The van der Waals surface area contributed by atoms with Crippen molar-refractivity contribution in [2.75, 3.05) is 37.6 Å². The molecule has 0 amide bonds. The lowest BCUT2D eigenvalue weighted by molar-refractivity contribution is -0.146. The van der Waals surface area contributed by atoms with E-state index in [1.807, 2.05) is 0 Å². The monoisotopic (exact) mass is 307 g/mol. The number of anilines is 1. The van der Waals surface area contributed by atoms with Gasteiger partial charge in [-0.1, -0.05) is 0 Å². The SMILES string of the molecule is O=C(O)c1cnc(N2CCN(CC(F)(F)F)CC2)c(F)c1. The number of carboxylic acids is 1. The quantitative estimate of drug-likeness (QED) is 0.860. The second kappa shape index (κ2) is 5.84. The Balaban J connectivity index is 2.01. The third-order valence-electron chi connectivity index (χ3n) is 3.14. The van der Waals surface area contributed by atoms with Crippen molar-refractivity contribution in [3.63, 3.8) is 0 Å². The molecular formula is C12H13F4N3O2. The Morgan fingerprint density at radius 1 is 1.29 bits per heavy atom. The van der Waals surface area contributed by atoms with Crippen LogP contribution in [-0.4, -0.2) is 59.9 Å². The van der Waals surface area contributed by atoms with E-state index in [9.17, 15) is 22.4 Å². The standard InChI is InChI=1S/C12H13F4N3O2/c13-9-5-8(11(20)21)6-17-10(9)19-3-1-18(2-4-19)7-12(14,15)16/h5-6H,1-4,7H2,(H,20,21). The van der Waals surface area contributed by atoms with E-state index in [1.165, 1.54) is 9.80 Å². The van der Waals surface area contributed by atoms with Gasteiger partial charge in [0.2, 0.25) is 0 Å². The largest absolute Gasteiger partial charge is 0.478 e. The third-order valence-corrected chi connectivity index (χ3v) is 3.14.